The topological polar surface area (TPSA) is 47.3 Å². The third kappa shape index (κ3) is 2.78. The smallest absolute Gasteiger partial charge is 0.196 e. The summed E-state index contributed by atoms with van der Waals surface area (Å²) in [7, 11) is 0. The number of benzene rings is 1. The lowest BCUT2D eigenvalue weighted by molar-refractivity contribution is 0.101. The van der Waals surface area contributed by atoms with Crippen molar-refractivity contribution in [3.05, 3.63) is 59.8 Å². The minimum absolute atomic E-state index is 0.00175. The van der Waals surface area contributed by atoms with E-state index in [0.29, 0.717) is 16.9 Å². The molecule has 7 heteroatoms. The van der Waals surface area contributed by atoms with E-state index in [2.05, 4.69) is 10.2 Å². The Hall–Kier alpha value is -2.28. The molecule has 0 unspecified atom stereocenters. The van der Waals surface area contributed by atoms with Crippen molar-refractivity contribution < 1.29 is 13.6 Å². The van der Waals surface area contributed by atoms with E-state index in [1.165, 1.54) is 0 Å². The molecule has 0 aliphatic carbocycles. The maximum Gasteiger partial charge on any atom is 0.196 e. The SMILES string of the molecule is O=C(CSc1nnc2ccccn12)c1ccc(F)cc1F. The number of carbonyl (C=O) groups is 1. The predicted octanol–water partition coefficient (Wildman–Crippen LogP) is 2.98. The second kappa shape index (κ2) is 5.61. The molecule has 2 aromatic heterocycles. The van der Waals surface area contributed by atoms with Crippen LogP contribution in [0.2, 0.25) is 0 Å². The number of thioether (sulfide) groups is 1. The number of pyridine rings is 1. The van der Waals surface area contributed by atoms with Gasteiger partial charge in [0.2, 0.25) is 0 Å². The van der Waals surface area contributed by atoms with Crippen molar-refractivity contribution in [2.45, 2.75) is 5.16 Å². The van der Waals surface area contributed by atoms with Crippen molar-refractivity contribution in [2.24, 2.45) is 0 Å². The molecule has 106 valence electrons. The number of halogens is 2. The number of aromatic nitrogens is 3. The highest BCUT2D eigenvalue weighted by Crippen LogP contribution is 2.19. The van der Waals surface area contributed by atoms with E-state index in [9.17, 15) is 13.6 Å². The monoisotopic (exact) mass is 305 g/mol. The van der Waals surface area contributed by atoms with E-state index >= 15 is 0 Å². The highest BCUT2D eigenvalue weighted by Gasteiger charge is 2.14. The van der Waals surface area contributed by atoms with E-state index in [4.69, 9.17) is 0 Å². The molecule has 1 aromatic carbocycles. The van der Waals surface area contributed by atoms with Crippen LogP contribution in [-0.4, -0.2) is 26.1 Å². The largest absolute Gasteiger partial charge is 0.293 e. The summed E-state index contributed by atoms with van der Waals surface area (Å²) in [4.78, 5) is 12.0. The Morgan fingerprint density at radius 1 is 1.19 bits per heavy atom. The summed E-state index contributed by atoms with van der Waals surface area (Å²) in [5.41, 5.74) is 0.540. The summed E-state index contributed by atoms with van der Waals surface area (Å²) in [5, 5.41) is 8.47. The number of ketones is 1. The summed E-state index contributed by atoms with van der Waals surface area (Å²) < 4.78 is 28.1. The number of Topliss-reactive ketones (excluding diaryl/α,β-unsaturated/α-hetero) is 1. The van der Waals surface area contributed by atoms with E-state index in [0.717, 1.165) is 23.9 Å². The molecule has 0 amide bonds. The molecule has 0 radical (unpaired) electrons. The number of hydrogen-bond donors (Lipinski definition) is 0. The van der Waals surface area contributed by atoms with Gasteiger partial charge in [-0.3, -0.25) is 9.20 Å². The van der Waals surface area contributed by atoms with E-state index in [1.807, 2.05) is 12.1 Å². The van der Waals surface area contributed by atoms with Crippen LogP contribution in [0.5, 0.6) is 0 Å². The second-order valence-electron chi connectivity index (χ2n) is 4.25. The molecule has 0 bridgehead atoms. The van der Waals surface area contributed by atoms with Gasteiger partial charge in [-0.15, -0.1) is 10.2 Å². The van der Waals surface area contributed by atoms with Crippen LogP contribution in [0.25, 0.3) is 5.65 Å². The van der Waals surface area contributed by atoms with Gasteiger partial charge >= 0.3 is 0 Å². The molecular weight excluding hydrogens is 296 g/mol. The van der Waals surface area contributed by atoms with Gasteiger partial charge in [-0.2, -0.15) is 0 Å². The number of fused-ring (bicyclic) bond motifs is 1. The lowest BCUT2D eigenvalue weighted by Gasteiger charge is -2.02. The molecule has 2 heterocycles. The van der Waals surface area contributed by atoms with Crippen LogP contribution in [0.4, 0.5) is 8.78 Å². The van der Waals surface area contributed by atoms with Crippen molar-refractivity contribution >= 4 is 23.2 Å². The molecule has 0 spiro atoms. The van der Waals surface area contributed by atoms with Crippen LogP contribution in [0.1, 0.15) is 10.4 Å². The van der Waals surface area contributed by atoms with E-state index < -0.39 is 17.4 Å². The van der Waals surface area contributed by atoms with Gasteiger partial charge in [-0.25, -0.2) is 8.78 Å². The summed E-state index contributed by atoms with van der Waals surface area (Å²) in [5.74, 6) is -1.99. The molecule has 0 aliphatic heterocycles. The van der Waals surface area contributed by atoms with Gasteiger partial charge in [0.25, 0.3) is 0 Å². The Morgan fingerprint density at radius 3 is 2.86 bits per heavy atom. The van der Waals surface area contributed by atoms with Crippen LogP contribution in [-0.2, 0) is 0 Å². The van der Waals surface area contributed by atoms with Gasteiger partial charge < -0.3 is 0 Å². The van der Waals surface area contributed by atoms with Gasteiger partial charge in [0, 0.05) is 12.3 Å². The Morgan fingerprint density at radius 2 is 2.05 bits per heavy atom. The third-order valence-electron chi connectivity index (χ3n) is 2.85. The number of rotatable bonds is 4. The van der Waals surface area contributed by atoms with Crippen LogP contribution in [0.3, 0.4) is 0 Å². The average molecular weight is 305 g/mol. The van der Waals surface area contributed by atoms with Gasteiger partial charge in [0.05, 0.1) is 11.3 Å². The first-order chi connectivity index (χ1) is 10.1. The van der Waals surface area contributed by atoms with Crippen LogP contribution in [0, 0.1) is 11.6 Å². The van der Waals surface area contributed by atoms with Gasteiger partial charge in [0.1, 0.15) is 11.6 Å². The van der Waals surface area contributed by atoms with Gasteiger partial charge in [0.15, 0.2) is 16.6 Å². The first-order valence-electron chi connectivity index (χ1n) is 6.06. The Bertz CT molecular complexity index is 819. The van der Waals surface area contributed by atoms with Crippen molar-refractivity contribution in [3.63, 3.8) is 0 Å². The van der Waals surface area contributed by atoms with Crippen molar-refractivity contribution in [1.82, 2.24) is 14.6 Å². The molecule has 0 aliphatic rings. The van der Waals surface area contributed by atoms with E-state index in [1.54, 1.807) is 16.7 Å². The highest BCUT2D eigenvalue weighted by atomic mass is 32.2. The van der Waals surface area contributed by atoms with Gasteiger partial charge in [-0.1, -0.05) is 17.8 Å². The Kier molecular flexibility index (Phi) is 3.66. The predicted molar refractivity (Wildman–Crippen MR) is 74.4 cm³/mol. The minimum Gasteiger partial charge on any atom is -0.293 e. The molecule has 0 saturated heterocycles. The molecule has 21 heavy (non-hydrogen) atoms. The maximum atomic E-state index is 13.5. The number of hydrogen-bond acceptors (Lipinski definition) is 4. The first-order valence-corrected chi connectivity index (χ1v) is 7.04. The molecule has 0 saturated carbocycles. The highest BCUT2D eigenvalue weighted by molar-refractivity contribution is 7.99. The zero-order valence-corrected chi connectivity index (χ0v) is 11.5. The lowest BCUT2D eigenvalue weighted by atomic mass is 10.1. The standard InChI is InChI=1S/C14H9F2N3OS/c15-9-4-5-10(11(16)7-9)12(20)8-21-14-18-17-13-3-1-2-6-19(13)14/h1-7H,8H2. The lowest BCUT2D eigenvalue weighted by Crippen LogP contribution is -2.06. The van der Waals surface area contributed by atoms with Gasteiger partial charge in [-0.05, 0) is 24.3 Å². The number of carbonyl (C=O) groups excluding carboxylic acids is 1. The number of nitrogens with zero attached hydrogens (tertiary/aromatic N) is 3. The van der Waals surface area contributed by atoms with Crippen molar-refractivity contribution in [2.75, 3.05) is 5.75 Å². The van der Waals surface area contributed by atoms with Crippen LogP contribution in [0.15, 0.2) is 47.8 Å². The maximum absolute atomic E-state index is 13.5. The second-order valence-corrected chi connectivity index (χ2v) is 5.19. The molecule has 0 fully saturated rings. The average Bonchev–Trinajstić information content (AvgIpc) is 2.88. The summed E-state index contributed by atoms with van der Waals surface area (Å²) in [6, 6.07) is 8.35. The normalized spacial score (nSPS) is 11.0. The molecule has 3 aromatic rings. The molecule has 3 rings (SSSR count). The molecule has 0 atom stereocenters. The molecule has 0 N–H and O–H groups in total. The molecular formula is C14H9F2N3OS. The summed E-state index contributed by atoms with van der Waals surface area (Å²) >= 11 is 1.15. The van der Waals surface area contributed by atoms with Crippen LogP contribution >= 0.6 is 11.8 Å². The Labute approximate surface area is 122 Å². The quantitative estimate of drug-likeness (QED) is 0.549. The first kappa shape index (κ1) is 13.7. The fraction of sp³-hybridized carbons (Fsp3) is 0.0714. The Balaban J connectivity index is 1.77. The third-order valence-corrected chi connectivity index (χ3v) is 3.79. The minimum atomic E-state index is -0.855. The molecule has 4 nitrogen and oxygen atoms in total. The summed E-state index contributed by atoms with van der Waals surface area (Å²) in [6.45, 7) is 0. The fourth-order valence-electron chi connectivity index (χ4n) is 1.84. The fourth-order valence-corrected chi connectivity index (χ4v) is 2.65. The van der Waals surface area contributed by atoms with Crippen LogP contribution < -0.4 is 0 Å². The van der Waals surface area contributed by atoms with Crippen molar-refractivity contribution in [3.8, 4) is 0 Å². The zero-order chi connectivity index (χ0) is 14.8. The van der Waals surface area contributed by atoms with E-state index in [-0.39, 0.29) is 11.3 Å². The van der Waals surface area contributed by atoms with Crippen molar-refractivity contribution in [1.29, 1.82) is 0 Å². The zero-order valence-electron chi connectivity index (χ0n) is 10.7. The summed E-state index contributed by atoms with van der Waals surface area (Å²) in [6.07, 6.45) is 1.78.